The number of imide groups is 1. The van der Waals surface area contributed by atoms with Crippen LogP contribution in [0.15, 0.2) is 24.3 Å². The van der Waals surface area contributed by atoms with Gasteiger partial charge in [-0.05, 0) is 18.1 Å². The van der Waals surface area contributed by atoms with E-state index in [4.69, 9.17) is 0 Å². The Labute approximate surface area is 86.3 Å². The largest absolute Gasteiger partial charge is 0.296 e. The molecule has 1 heterocycles. The molecule has 1 aromatic carbocycles. The van der Waals surface area contributed by atoms with Gasteiger partial charge in [0.15, 0.2) is 0 Å². The molecular weight excluding hydrogens is 197 g/mol. The van der Waals surface area contributed by atoms with E-state index in [2.05, 4.69) is 5.32 Å². The van der Waals surface area contributed by atoms with Crippen LogP contribution in [0.25, 0.3) is 0 Å². The van der Waals surface area contributed by atoms with Crippen LogP contribution in [0.5, 0.6) is 0 Å². The van der Waals surface area contributed by atoms with Crippen LogP contribution in [0.4, 0.5) is 4.39 Å². The van der Waals surface area contributed by atoms with Gasteiger partial charge in [-0.15, -0.1) is 0 Å². The van der Waals surface area contributed by atoms with Gasteiger partial charge < -0.3 is 0 Å². The van der Waals surface area contributed by atoms with E-state index in [9.17, 15) is 14.0 Å². The van der Waals surface area contributed by atoms with Crippen LogP contribution in [-0.2, 0) is 16.0 Å². The molecule has 4 heteroatoms. The van der Waals surface area contributed by atoms with Crippen LogP contribution in [-0.4, -0.2) is 11.8 Å². The molecule has 2 amide bonds. The van der Waals surface area contributed by atoms with E-state index in [-0.39, 0.29) is 30.5 Å². The van der Waals surface area contributed by atoms with Gasteiger partial charge in [-0.3, -0.25) is 14.9 Å². The second-order valence-electron chi connectivity index (χ2n) is 3.61. The van der Waals surface area contributed by atoms with Crippen molar-refractivity contribution in [3.05, 3.63) is 35.6 Å². The van der Waals surface area contributed by atoms with Crippen LogP contribution in [0.3, 0.4) is 0 Å². The van der Waals surface area contributed by atoms with Crippen LogP contribution in [0.2, 0.25) is 0 Å². The predicted octanol–water partition coefficient (Wildman–Crippen LogP) is 1.03. The van der Waals surface area contributed by atoms with Crippen molar-refractivity contribution in [3.63, 3.8) is 0 Å². The molecule has 1 aliphatic rings. The lowest BCUT2D eigenvalue weighted by Crippen LogP contribution is -2.23. The van der Waals surface area contributed by atoms with Gasteiger partial charge in [-0.2, -0.15) is 0 Å². The number of carbonyl (C=O) groups excluding carboxylic acids is 2. The molecule has 1 saturated heterocycles. The Bertz CT molecular complexity index is 417. The van der Waals surface area contributed by atoms with Gasteiger partial charge in [0.05, 0.1) is 5.92 Å². The Balaban J connectivity index is 2.13. The molecule has 3 nitrogen and oxygen atoms in total. The van der Waals surface area contributed by atoms with Crippen molar-refractivity contribution in [3.8, 4) is 0 Å². The maximum absolute atomic E-state index is 13.3. The zero-order valence-electron chi connectivity index (χ0n) is 8.00. The van der Waals surface area contributed by atoms with Gasteiger partial charge in [-0.25, -0.2) is 4.39 Å². The molecule has 1 atom stereocenters. The standard InChI is InChI=1S/C11H10FNO2/c12-9-4-2-1-3-7(9)5-8-6-10(14)13-11(8)15/h1-4,8H,5-6H2,(H,13,14,15). The third-order valence-corrected chi connectivity index (χ3v) is 2.49. The summed E-state index contributed by atoms with van der Waals surface area (Å²) in [5.74, 6) is -1.33. The Morgan fingerprint density at radius 1 is 1.33 bits per heavy atom. The molecule has 0 aliphatic carbocycles. The minimum Gasteiger partial charge on any atom is -0.296 e. The van der Waals surface area contributed by atoms with Crippen molar-refractivity contribution in [2.45, 2.75) is 12.8 Å². The zero-order valence-corrected chi connectivity index (χ0v) is 8.00. The van der Waals surface area contributed by atoms with Gasteiger partial charge in [0.2, 0.25) is 11.8 Å². The molecule has 2 rings (SSSR count). The summed E-state index contributed by atoms with van der Waals surface area (Å²) in [6.07, 6.45) is 0.442. The van der Waals surface area contributed by atoms with E-state index in [1.54, 1.807) is 18.2 Å². The molecule has 1 N–H and O–H groups in total. The number of benzene rings is 1. The van der Waals surface area contributed by atoms with Crippen LogP contribution < -0.4 is 5.32 Å². The zero-order chi connectivity index (χ0) is 10.8. The summed E-state index contributed by atoms with van der Waals surface area (Å²) in [7, 11) is 0. The van der Waals surface area contributed by atoms with Crippen LogP contribution in [0, 0.1) is 11.7 Å². The summed E-state index contributed by atoms with van der Waals surface area (Å²) in [6.45, 7) is 0. The maximum Gasteiger partial charge on any atom is 0.230 e. The molecule has 1 fully saturated rings. The molecule has 15 heavy (non-hydrogen) atoms. The number of nitrogens with one attached hydrogen (secondary N) is 1. The van der Waals surface area contributed by atoms with Gasteiger partial charge in [0.25, 0.3) is 0 Å². The molecule has 78 valence electrons. The van der Waals surface area contributed by atoms with Gasteiger partial charge in [-0.1, -0.05) is 18.2 Å². The molecule has 0 aromatic heterocycles. The second kappa shape index (κ2) is 3.81. The number of amides is 2. The van der Waals surface area contributed by atoms with Crippen LogP contribution in [0.1, 0.15) is 12.0 Å². The van der Waals surface area contributed by atoms with Crippen molar-refractivity contribution in [1.82, 2.24) is 5.32 Å². The highest BCUT2D eigenvalue weighted by Gasteiger charge is 2.30. The Hall–Kier alpha value is -1.71. The summed E-state index contributed by atoms with van der Waals surface area (Å²) >= 11 is 0. The van der Waals surface area contributed by atoms with E-state index in [1.165, 1.54) is 6.07 Å². The van der Waals surface area contributed by atoms with Crippen LogP contribution >= 0.6 is 0 Å². The highest BCUT2D eigenvalue weighted by atomic mass is 19.1. The van der Waals surface area contributed by atoms with Crippen molar-refractivity contribution in [1.29, 1.82) is 0 Å². The molecule has 1 aromatic rings. The monoisotopic (exact) mass is 207 g/mol. The predicted molar refractivity (Wildman–Crippen MR) is 51.4 cm³/mol. The first kappa shape index (κ1) is 9.83. The third kappa shape index (κ3) is 2.03. The Morgan fingerprint density at radius 3 is 2.67 bits per heavy atom. The average Bonchev–Trinajstić information content (AvgIpc) is 2.49. The molecule has 0 saturated carbocycles. The average molecular weight is 207 g/mol. The quantitative estimate of drug-likeness (QED) is 0.736. The fourth-order valence-corrected chi connectivity index (χ4v) is 1.70. The third-order valence-electron chi connectivity index (χ3n) is 2.49. The van der Waals surface area contributed by atoms with Gasteiger partial charge >= 0.3 is 0 Å². The van der Waals surface area contributed by atoms with Crippen molar-refractivity contribution in [2.75, 3.05) is 0 Å². The summed E-state index contributed by atoms with van der Waals surface area (Å²) in [5, 5.41) is 2.21. The first-order valence-electron chi connectivity index (χ1n) is 4.74. The number of hydrogen-bond acceptors (Lipinski definition) is 2. The summed E-state index contributed by atoms with van der Waals surface area (Å²) in [4.78, 5) is 22.2. The Kier molecular flexibility index (Phi) is 2.49. The minimum atomic E-state index is -0.422. The van der Waals surface area contributed by atoms with E-state index in [0.717, 1.165) is 0 Å². The molecule has 1 aliphatic heterocycles. The molecule has 0 bridgehead atoms. The normalized spacial score (nSPS) is 20.5. The lowest BCUT2D eigenvalue weighted by Gasteiger charge is -2.06. The fourth-order valence-electron chi connectivity index (χ4n) is 1.70. The fraction of sp³-hybridized carbons (Fsp3) is 0.273. The Morgan fingerprint density at radius 2 is 2.07 bits per heavy atom. The minimum absolute atomic E-state index is 0.160. The molecule has 1 unspecified atom stereocenters. The van der Waals surface area contributed by atoms with Gasteiger partial charge in [0.1, 0.15) is 5.82 Å². The topological polar surface area (TPSA) is 46.2 Å². The number of halogens is 1. The molecular formula is C11H10FNO2. The van der Waals surface area contributed by atoms with Gasteiger partial charge in [0, 0.05) is 6.42 Å². The SMILES string of the molecule is O=C1CC(Cc2ccccc2F)C(=O)N1. The number of hydrogen-bond donors (Lipinski definition) is 1. The molecule has 0 radical (unpaired) electrons. The summed E-state index contributed by atoms with van der Waals surface area (Å²) < 4.78 is 13.3. The number of rotatable bonds is 2. The van der Waals surface area contributed by atoms with E-state index >= 15 is 0 Å². The summed E-state index contributed by atoms with van der Waals surface area (Å²) in [6, 6.07) is 6.29. The first-order chi connectivity index (χ1) is 7.16. The summed E-state index contributed by atoms with van der Waals surface area (Å²) in [5.41, 5.74) is 0.479. The second-order valence-corrected chi connectivity index (χ2v) is 3.61. The van der Waals surface area contributed by atoms with E-state index in [0.29, 0.717) is 5.56 Å². The van der Waals surface area contributed by atoms with E-state index in [1.807, 2.05) is 0 Å². The van der Waals surface area contributed by atoms with Crippen molar-refractivity contribution in [2.24, 2.45) is 5.92 Å². The van der Waals surface area contributed by atoms with Crippen molar-refractivity contribution >= 4 is 11.8 Å². The molecule has 0 spiro atoms. The lowest BCUT2D eigenvalue weighted by molar-refractivity contribution is -0.125. The highest BCUT2D eigenvalue weighted by Crippen LogP contribution is 2.18. The lowest BCUT2D eigenvalue weighted by atomic mass is 9.98. The maximum atomic E-state index is 13.3. The van der Waals surface area contributed by atoms with E-state index < -0.39 is 5.92 Å². The number of carbonyl (C=O) groups is 2. The first-order valence-corrected chi connectivity index (χ1v) is 4.74. The highest BCUT2D eigenvalue weighted by molar-refractivity contribution is 6.03. The van der Waals surface area contributed by atoms with Crippen molar-refractivity contribution < 1.29 is 14.0 Å². The smallest absolute Gasteiger partial charge is 0.230 e.